The first-order valence-electron chi connectivity index (χ1n) is 10.6. The third kappa shape index (κ3) is 4.47. The lowest BCUT2D eigenvalue weighted by atomic mass is 9.88. The number of carbonyl (C=O) groups excluding carboxylic acids is 2. The maximum absolute atomic E-state index is 13.3. The zero-order valence-electron chi connectivity index (χ0n) is 18.6. The molecule has 8 nitrogen and oxygen atoms in total. The van der Waals surface area contributed by atoms with Crippen molar-refractivity contribution >= 4 is 17.5 Å². The minimum atomic E-state index is -4.90. The van der Waals surface area contributed by atoms with Gasteiger partial charge in [0.1, 0.15) is 23.4 Å². The molecule has 1 aliphatic heterocycles. The fraction of sp³-hybridized carbons (Fsp3) is 0.364. The highest BCUT2D eigenvalue weighted by Gasteiger charge is 2.49. The number of nitrogens with one attached hydrogen (secondary N) is 2. The van der Waals surface area contributed by atoms with Crippen molar-refractivity contribution < 1.29 is 41.0 Å². The van der Waals surface area contributed by atoms with Crippen molar-refractivity contribution in [3.8, 4) is 11.3 Å². The van der Waals surface area contributed by atoms with Gasteiger partial charge in [-0.1, -0.05) is 12.8 Å². The monoisotopic (exact) mass is 515 g/mol. The van der Waals surface area contributed by atoms with Crippen molar-refractivity contribution in [2.45, 2.75) is 43.6 Å². The van der Waals surface area contributed by atoms with Gasteiger partial charge in [0.25, 0.3) is 11.8 Å². The van der Waals surface area contributed by atoms with Gasteiger partial charge in [0.2, 0.25) is 0 Å². The zero-order chi connectivity index (χ0) is 26.5. The molecule has 1 aromatic carbocycles. The van der Waals surface area contributed by atoms with Gasteiger partial charge < -0.3 is 10.4 Å². The van der Waals surface area contributed by atoms with Crippen LogP contribution in [0.25, 0.3) is 11.3 Å². The van der Waals surface area contributed by atoms with Crippen molar-refractivity contribution in [2.75, 3.05) is 12.4 Å². The molecule has 2 aliphatic rings. The number of hydrogen-bond acceptors (Lipinski definition) is 6. The van der Waals surface area contributed by atoms with Crippen LogP contribution in [0.3, 0.4) is 0 Å². The van der Waals surface area contributed by atoms with E-state index in [0.29, 0.717) is 37.4 Å². The SMILES string of the molecule is CN1NC(=O)C(C(=O)Nc2ccc(C(F)(F)F)cc2-c2cc(C(F)(F)F)ncn2)=C(O)C12CCCC2. The van der Waals surface area contributed by atoms with E-state index in [0.717, 1.165) is 18.9 Å². The summed E-state index contributed by atoms with van der Waals surface area (Å²) < 4.78 is 79.5. The molecule has 4 rings (SSSR count). The quantitative estimate of drug-likeness (QED) is 0.418. The average molecular weight is 515 g/mol. The van der Waals surface area contributed by atoms with E-state index in [9.17, 15) is 41.0 Å². The molecular weight excluding hydrogens is 496 g/mol. The summed E-state index contributed by atoms with van der Waals surface area (Å²) >= 11 is 0. The smallest absolute Gasteiger partial charge is 0.433 e. The van der Waals surface area contributed by atoms with Crippen LogP contribution in [0, 0.1) is 0 Å². The largest absolute Gasteiger partial charge is 0.509 e. The molecule has 0 atom stereocenters. The second kappa shape index (κ2) is 8.76. The Balaban J connectivity index is 1.79. The van der Waals surface area contributed by atoms with E-state index in [1.165, 1.54) is 12.1 Å². The molecule has 2 amide bonds. The molecule has 1 aliphatic carbocycles. The third-order valence-corrected chi connectivity index (χ3v) is 6.30. The number of aliphatic hydroxyl groups is 1. The van der Waals surface area contributed by atoms with Crippen LogP contribution in [0.2, 0.25) is 0 Å². The van der Waals surface area contributed by atoms with E-state index in [1.807, 2.05) is 0 Å². The summed E-state index contributed by atoms with van der Waals surface area (Å²) in [5, 5.41) is 14.6. The number of likely N-dealkylation sites (N-methyl/N-ethyl adjacent to an activating group) is 1. The Morgan fingerprint density at radius 1 is 1.08 bits per heavy atom. The van der Waals surface area contributed by atoms with E-state index < -0.39 is 63.6 Å². The lowest BCUT2D eigenvalue weighted by molar-refractivity contribution is -0.141. The zero-order valence-corrected chi connectivity index (χ0v) is 18.6. The van der Waals surface area contributed by atoms with Crippen LogP contribution in [-0.4, -0.2) is 44.5 Å². The van der Waals surface area contributed by atoms with Crippen LogP contribution in [-0.2, 0) is 21.9 Å². The molecule has 0 unspecified atom stereocenters. The van der Waals surface area contributed by atoms with Crippen molar-refractivity contribution in [3.63, 3.8) is 0 Å². The van der Waals surface area contributed by atoms with Crippen LogP contribution in [0.15, 0.2) is 41.9 Å². The number of aliphatic hydroxyl groups excluding tert-OH is 1. The van der Waals surface area contributed by atoms with E-state index >= 15 is 0 Å². The maximum atomic E-state index is 13.3. The average Bonchev–Trinajstić information content (AvgIpc) is 3.28. The Kier molecular flexibility index (Phi) is 6.19. The molecule has 0 bridgehead atoms. The highest BCUT2D eigenvalue weighted by molar-refractivity contribution is 6.24. The van der Waals surface area contributed by atoms with Crippen LogP contribution in [0.5, 0.6) is 0 Å². The van der Waals surface area contributed by atoms with Gasteiger partial charge in [-0.2, -0.15) is 26.3 Å². The van der Waals surface area contributed by atoms with Crippen molar-refractivity contribution in [1.82, 2.24) is 20.4 Å². The van der Waals surface area contributed by atoms with Gasteiger partial charge in [-0.3, -0.25) is 15.0 Å². The molecule has 0 saturated heterocycles. The highest BCUT2D eigenvalue weighted by Crippen LogP contribution is 2.42. The molecule has 2 aromatic rings. The Morgan fingerprint density at radius 3 is 2.36 bits per heavy atom. The molecule has 3 N–H and O–H groups in total. The Labute approximate surface area is 200 Å². The molecule has 0 radical (unpaired) electrons. The molecule has 1 saturated carbocycles. The van der Waals surface area contributed by atoms with Gasteiger partial charge in [-0.15, -0.1) is 0 Å². The van der Waals surface area contributed by atoms with Gasteiger partial charge in [-0.05, 0) is 37.1 Å². The van der Waals surface area contributed by atoms with E-state index in [-0.39, 0.29) is 5.69 Å². The van der Waals surface area contributed by atoms with Gasteiger partial charge >= 0.3 is 12.4 Å². The number of alkyl halides is 6. The number of aromatic nitrogens is 2. The van der Waals surface area contributed by atoms with Crippen molar-refractivity contribution in [3.05, 3.63) is 53.2 Å². The summed E-state index contributed by atoms with van der Waals surface area (Å²) in [6.07, 6.45) is -6.89. The van der Waals surface area contributed by atoms with E-state index in [4.69, 9.17) is 0 Å². The fourth-order valence-electron chi connectivity index (χ4n) is 4.44. The summed E-state index contributed by atoms with van der Waals surface area (Å²) in [6.45, 7) is 0. The highest BCUT2D eigenvalue weighted by atomic mass is 19.4. The normalized spacial score (nSPS) is 18.5. The fourth-order valence-corrected chi connectivity index (χ4v) is 4.44. The number of hydrazine groups is 1. The first-order chi connectivity index (χ1) is 16.7. The number of hydrogen-bond donors (Lipinski definition) is 3. The summed E-state index contributed by atoms with van der Waals surface area (Å²) in [5.74, 6) is -2.58. The lowest BCUT2D eigenvalue weighted by Gasteiger charge is -2.42. The number of benzene rings is 1. The second-order valence-corrected chi connectivity index (χ2v) is 8.46. The van der Waals surface area contributed by atoms with Gasteiger partial charge in [0, 0.05) is 12.6 Å². The van der Waals surface area contributed by atoms with Crippen LogP contribution < -0.4 is 10.7 Å². The molecule has 1 fully saturated rings. The number of anilines is 1. The lowest BCUT2D eigenvalue weighted by Crippen LogP contribution is -2.60. The van der Waals surface area contributed by atoms with E-state index in [1.54, 1.807) is 0 Å². The van der Waals surface area contributed by atoms with Crippen LogP contribution in [0.4, 0.5) is 32.0 Å². The van der Waals surface area contributed by atoms with Crippen LogP contribution >= 0.6 is 0 Å². The molecule has 1 aromatic heterocycles. The summed E-state index contributed by atoms with van der Waals surface area (Å²) in [4.78, 5) is 32.4. The predicted octanol–water partition coefficient (Wildman–Crippen LogP) is 4.22. The Bertz CT molecular complexity index is 1250. The Hall–Kier alpha value is -3.68. The molecule has 2 heterocycles. The maximum Gasteiger partial charge on any atom is 0.433 e. The first kappa shape index (κ1) is 25.4. The minimum absolute atomic E-state index is 0.354. The number of nitrogens with zero attached hydrogens (tertiary/aromatic N) is 3. The molecule has 192 valence electrons. The van der Waals surface area contributed by atoms with E-state index in [2.05, 4.69) is 20.7 Å². The first-order valence-corrected chi connectivity index (χ1v) is 10.6. The number of carbonyl (C=O) groups is 2. The van der Waals surface area contributed by atoms with Gasteiger partial charge in [0.05, 0.1) is 22.5 Å². The van der Waals surface area contributed by atoms with Gasteiger partial charge in [-0.25, -0.2) is 15.0 Å². The number of rotatable bonds is 3. The summed E-state index contributed by atoms with van der Waals surface area (Å²) in [5.41, 5.74) is -3.17. The number of amides is 2. The van der Waals surface area contributed by atoms with Crippen molar-refractivity contribution in [1.29, 1.82) is 0 Å². The van der Waals surface area contributed by atoms with Gasteiger partial charge in [0.15, 0.2) is 0 Å². The molecule has 1 spiro atoms. The topological polar surface area (TPSA) is 107 Å². The minimum Gasteiger partial charge on any atom is -0.509 e. The standard InChI is InChI=1S/C22H19F6N5O3/c1-33-20(6-2-3-7-20)17(34)16(19(36)32-33)18(35)31-13-5-4-11(21(23,24)25)8-12(13)14-9-15(22(26,27)28)30-10-29-14/h4-5,8-10,34H,2-3,6-7H2,1H3,(H,31,35)(H,32,36). The molecular formula is C22H19F6N5O3. The second-order valence-electron chi connectivity index (χ2n) is 8.46. The Morgan fingerprint density at radius 2 is 1.75 bits per heavy atom. The number of halogens is 6. The summed E-state index contributed by atoms with van der Waals surface area (Å²) in [7, 11) is 1.54. The third-order valence-electron chi connectivity index (χ3n) is 6.30. The summed E-state index contributed by atoms with van der Waals surface area (Å²) in [6, 6.07) is 2.42. The van der Waals surface area contributed by atoms with Crippen molar-refractivity contribution in [2.24, 2.45) is 0 Å². The van der Waals surface area contributed by atoms with Crippen LogP contribution in [0.1, 0.15) is 36.9 Å². The molecule has 36 heavy (non-hydrogen) atoms. The predicted molar refractivity (Wildman–Crippen MR) is 113 cm³/mol. The molecule has 14 heteroatoms.